The van der Waals surface area contributed by atoms with Gasteiger partial charge in [-0.05, 0) is 41.5 Å². The van der Waals surface area contributed by atoms with E-state index < -0.39 is 0 Å². The average molecular weight is 527 g/mol. The molecule has 1 unspecified atom stereocenters. The molecule has 1 N–H and O–H groups in total. The quantitative estimate of drug-likeness (QED) is 0.315. The summed E-state index contributed by atoms with van der Waals surface area (Å²) < 4.78 is 29.7. The van der Waals surface area contributed by atoms with Crippen molar-refractivity contribution in [2.75, 3.05) is 28.4 Å². The molecule has 0 aliphatic carbocycles. The number of aromatic hydroxyl groups is 1. The summed E-state index contributed by atoms with van der Waals surface area (Å²) in [5, 5.41) is 14.9. The van der Waals surface area contributed by atoms with E-state index in [1.165, 1.54) is 0 Å². The van der Waals surface area contributed by atoms with Crippen molar-refractivity contribution in [3.05, 3.63) is 89.0 Å². The number of phenols is 1. The standard InChI is InChI=1S/C29H26N4O6/c1-35-20-9-5-16(11-23(20)37-3)12-25-31-28-27-26(17-6-10-21(36-2)24(13-17)38-4)19-8-7-18(34)14-22(19)39-29(27)30-15-33(28)32-25/h5-11,13-15,26,34H,12H2,1-4H3. The average Bonchev–Trinajstić information content (AvgIpc) is 3.38. The van der Waals surface area contributed by atoms with Gasteiger partial charge in [0.2, 0.25) is 5.88 Å². The first kappa shape index (κ1) is 24.4. The normalized spacial score (nSPS) is 13.8. The maximum Gasteiger partial charge on any atom is 0.228 e. The maximum atomic E-state index is 10.1. The fourth-order valence-corrected chi connectivity index (χ4v) is 4.97. The minimum atomic E-state index is -0.321. The van der Waals surface area contributed by atoms with Crippen LogP contribution in [0.2, 0.25) is 0 Å². The summed E-state index contributed by atoms with van der Waals surface area (Å²) in [6.07, 6.45) is 2.06. The first-order chi connectivity index (χ1) is 19.0. The van der Waals surface area contributed by atoms with E-state index in [2.05, 4.69) is 4.98 Å². The highest BCUT2D eigenvalue weighted by molar-refractivity contribution is 5.67. The van der Waals surface area contributed by atoms with E-state index >= 15 is 0 Å². The predicted molar refractivity (Wildman–Crippen MR) is 142 cm³/mol. The van der Waals surface area contributed by atoms with Crippen molar-refractivity contribution in [3.63, 3.8) is 0 Å². The van der Waals surface area contributed by atoms with E-state index in [-0.39, 0.29) is 11.7 Å². The third-order valence-corrected chi connectivity index (χ3v) is 6.79. The van der Waals surface area contributed by atoms with Crippen LogP contribution in [0.1, 0.15) is 34.0 Å². The van der Waals surface area contributed by atoms with Crippen LogP contribution in [-0.2, 0) is 6.42 Å². The minimum absolute atomic E-state index is 0.101. The van der Waals surface area contributed by atoms with Gasteiger partial charge in [-0.3, -0.25) is 0 Å². The van der Waals surface area contributed by atoms with Gasteiger partial charge in [-0.25, -0.2) is 14.5 Å². The largest absolute Gasteiger partial charge is 0.508 e. The second-order valence-electron chi connectivity index (χ2n) is 9.00. The Bertz CT molecular complexity index is 1700. The van der Waals surface area contributed by atoms with Crippen molar-refractivity contribution < 1.29 is 28.8 Å². The molecule has 10 nitrogen and oxygen atoms in total. The SMILES string of the molecule is COc1ccc(Cc2nc3c4c(ncn3n2)Oc2cc(O)ccc2C4c2ccc(OC)c(OC)c2)cc1OC. The molecule has 10 heteroatoms. The zero-order valence-corrected chi connectivity index (χ0v) is 21.8. The molecular weight excluding hydrogens is 500 g/mol. The third kappa shape index (κ3) is 4.19. The zero-order chi connectivity index (χ0) is 27.1. The molecule has 5 aromatic rings. The van der Waals surface area contributed by atoms with Crippen LogP contribution in [0.15, 0.2) is 60.9 Å². The van der Waals surface area contributed by atoms with Crippen LogP contribution in [0.4, 0.5) is 0 Å². The Balaban J connectivity index is 1.49. The lowest BCUT2D eigenvalue weighted by Crippen LogP contribution is -2.15. The Morgan fingerprint density at radius 3 is 2.31 bits per heavy atom. The van der Waals surface area contributed by atoms with E-state index in [1.807, 2.05) is 42.5 Å². The van der Waals surface area contributed by atoms with E-state index in [0.717, 1.165) is 22.3 Å². The molecule has 3 heterocycles. The van der Waals surface area contributed by atoms with Crippen LogP contribution in [-0.4, -0.2) is 53.1 Å². The topological polar surface area (TPSA) is 109 Å². The molecule has 1 aliphatic rings. The van der Waals surface area contributed by atoms with Gasteiger partial charge in [0.05, 0.1) is 34.0 Å². The second kappa shape index (κ2) is 9.71. The number of phenolic OH excluding ortho intramolecular Hbond substituents is 1. The molecule has 1 aliphatic heterocycles. The monoisotopic (exact) mass is 526 g/mol. The lowest BCUT2D eigenvalue weighted by molar-refractivity contribution is 0.354. The van der Waals surface area contributed by atoms with Gasteiger partial charge >= 0.3 is 0 Å². The molecule has 0 amide bonds. The number of methoxy groups -OCH3 is 4. The molecule has 198 valence electrons. The molecule has 39 heavy (non-hydrogen) atoms. The Morgan fingerprint density at radius 2 is 1.56 bits per heavy atom. The summed E-state index contributed by atoms with van der Waals surface area (Å²) in [7, 11) is 6.41. The molecule has 0 radical (unpaired) electrons. The van der Waals surface area contributed by atoms with Crippen molar-refractivity contribution in [2.45, 2.75) is 12.3 Å². The first-order valence-corrected chi connectivity index (χ1v) is 12.2. The number of hydrogen-bond donors (Lipinski definition) is 1. The summed E-state index contributed by atoms with van der Waals surface area (Å²) in [5.41, 5.74) is 4.12. The molecule has 2 aromatic heterocycles. The molecule has 0 saturated heterocycles. The second-order valence-corrected chi connectivity index (χ2v) is 9.00. The van der Waals surface area contributed by atoms with Crippen molar-refractivity contribution in [1.29, 1.82) is 0 Å². The van der Waals surface area contributed by atoms with E-state index in [9.17, 15) is 5.11 Å². The Kier molecular flexibility index (Phi) is 6.07. The van der Waals surface area contributed by atoms with Crippen LogP contribution in [0, 0.1) is 0 Å². The molecule has 0 saturated carbocycles. The van der Waals surface area contributed by atoms with Crippen molar-refractivity contribution in [2.24, 2.45) is 0 Å². The van der Waals surface area contributed by atoms with Crippen molar-refractivity contribution >= 4 is 5.65 Å². The third-order valence-electron chi connectivity index (χ3n) is 6.79. The molecule has 0 bridgehead atoms. The number of hydrogen-bond acceptors (Lipinski definition) is 9. The number of benzene rings is 3. The van der Waals surface area contributed by atoms with Gasteiger partial charge in [-0.2, -0.15) is 0 Å². The Labute approximate surface area is 224 Å². The van der Waals surface area contributed by atoms with Gasteiger partial charge in [-0.1, -0.05) is 18.2 Å². The van der Waals surface area contributed by atoms with Gasteiger partial charge in [0.1, 0.15) is 17.8 Å². The van der Waals surface area contributed by atoms with E-state index in [1.54, 1.807) is 51.4 Å². The summed E-state index contributed by atoms with van der Waals surface area (Å²) in [6.45, 7) is 0. The highest BCUT2D eigenvalue weighted by Crippen LogP contribution is 2.49. The Hall–Kier alpha value is -4.99. The minimum Gasteiger partial charge on any atom is -0.508 e. The van der Waals surface area contributed by atoms with Crippen LogP contribution in [0.3, 0.4) is 0 Å². The van der Waals surface area contributed by atoms with Crippen molar-refractivity contribution in [1.82, 2.24) is 19.6 Å². The summed E-state index contributed by atoms with van der Waals surface area (Å²) in [5.74, 6) is 3.81. The summed E-state index contributed by atoms with van der Waals surface area (Å²) in [4.78, 5) is 9.48. The summed E-state index contributed by atoms with van der Waals surface area (Å²) >= 11 is 0. The molecule has 0 fully saturated rings. The fraction of sp³-hybridized carbons (Fsp3) is 0.207. The van der Waals surface area contributed by atoms with Gasteiger partial charge in [0.15, 0.2) is 34.5 Å². The van der Waals surface area contributed by atoms with Crippen LogP contribution in [0.25, 0.3) is 5.65 Å². The molecule has 0 spiro atoms. The van der Waals surface area contributed by atoms with Gasteiger partial charge in [0, 0.05) is 24.0 Å². The van der Waals surface area contributed by atoms with Crippen LogP contribution >= 0.6 is 0 Å². The maximum absolute atomic E-state index is 10.1. The predicted octanol–water partition coefficient (Wildman–Crippen LogP) is 4.74. The van der Waals surface area contributed by atoms with E-state index in [4.69, 9.17) is 33.8 Å². The lowest BCUT2D eigenvalue weighted by atomic mass is 9.83. The van der Waals surface area contributed by atoms with Gasteiger partial charge < -0.3 is 28.8 Å². The highest BCUT2D eigenvalue weighted by Gasteiger charge is 2.34. The number of fused-ring (bicyclic) bond motifs is 4. The lowest BCUT2D eigenvalue weighted by Gasteiger charge is -2.28. The molecular formula is C29H26N4O6. The highest BCUT2D eigenvalue weighted by atomic mass is 16.5. The number of nitrogens with zero attached hydrogens (tertiary/aromatic N) is 4. The Morgan fingerprint density at radius 1 is 0.846 bits per heavy atom. The van der Waals surface area contributed by atoms with Crippen LogP contribution in [0.5, 0.6) is 40.4 Å². The zero-order valence-electron chi connectivity index (χ0n) is 21.8. The first-order valence-electron chi connectivity index (χ1n) is 12.2. The summed E-state index contributed by atoms with van der Waals surface area (Å²) in [6, 6.07) is 16.6. The number of aromatic nitrogens is 4. The van der Waals surface area contributed by atoms with Gasteiger partial charge in [-0.15, -0.1) is 5.10 Å². The molecule has 6 rings (SSSR count). The molecule has 1 atom stereocenters. The smallest absolute Gasteiger partial charge is 0.228 e. The molecule has 3 aromatic carbocycles. The number of rotatable bonds is 7. The van der Waals surface area contributed by atoms with E-state index in [0.29, 0.717) is 52.5 Å². The van der Waals surface area contributed by atoms with Crippen molar-refractivity contribution in [3.8, 4) is 40.4 Å². The number of ether oxygens (including phenoxy) is 5. The van der Waals surface area contributed by atoms with Crippen LogP contribution < -0.4 is 23.7 Å². The van der Waals surface area contributed by atoms with Gasteiger partial charge in [0.25, 0.3) is 0 Å². The fourth-order valence-electron chi connectivity index (χ4n) is 4.97.